The standard InChI is InChI=1S/C15H28O2/c1-13(2,3)9-8-10-14(4,5)11-15(6,7)12(16)17/h8,10H,9,11H2,1-7H3,(H,16,17)/b10-8-. The third-order valence-corrected chi connectivity index (χ3v) is 2.78. The van der Waals surface area contributed by atoms with E-state index < -0.39 is 11.4 Å². The summed E-state index contributed by atoms with van der Waals surface area (Å²) in [5.41, 5.74) is -0.461. The Morgan fingerprint density at radius 2 is 1.53 bits per heavy atom. The summed E-state index contributed by atoms with van der Waals surface area (Å²) in [5, 5.41) is 9.14. The fourth-order valence-corrected chi connectivity index (χ4v) is 2.01. The lowest BCUT2D eigenvalue weighted by molar-refractivity contribution is -0.148. The molecular weight excluding hydrogens is 212 g/mol. The summed E-state index contributed by atoms with van der Waals surface area (Å²) in [4.78, 5) is 11.1. The Morgan fingerprint density at radius 3 is 1.88 bits per heavy atom. The lowest BCUT2D eigenvalue weighted by atomic mass is 9.74. The zero-order valence-electron chi connectivity index (χ0n) is 12.4. The van der Waals surface area contributed by atoms with Crippen LogP contribution in [0.15, 0.2) is 12.2 Å². The molecule has 0 spiro atoms. The summed E-state index contributed by atoms with van der Waals surface area (Å²) >= 11 is 0. The van der Waals surface area contributed by atoms with Crippen molar-refractivity contribution in [3.05, 3.63) is 12.2 Å². The van der Waals surface area contributed by atoms with Crippen LogP contribution in [0.3, 0.4) is 0 Å². The number of hydrogen-bond acceptors (Lipinski definition) is 1. The van der Waals surface area contributed by atoms with Crippen LogP contribution in [0.1, 0.15) is 61.3 Å². The normalized spacial score (nSPS) is 14.3. The molecule has 0 aliphatic carbocycles. The van der Waals surface area contributed by atoms with Gasteiger partial charge in [0.25, 0.3) is 0 Å². The maximum absolute atomic E-state index is 11.1. The van der Waals surface area contributed by atoms with E-state index in [9.17, 15) is 4.79 Å². The predicted molar refractivity (Wildman–Crippen MR) is 73.0 cm³/mol. The minimum absolute atomic E-state index is 0.0762. The van der Waals surface area contributed by atoms with E-state index in [1.54, 1.807) is 13.8 Å². The Kier molecular flexibility index (Phi) is 5.00. The summed E-state index contributed by atoms with van der Waals surface area (Å²) in [6, 6.07) is 0. The molecule has 0 aliphatic rings. The third kappa shape index (κ3) is 7.19. The van der Waals surface area contributed by atoms with Gasteiger partial charge >= 0.3 is 5.97 Å². The van der Waals surface area contributed by atoms with Crippen molar-refractivity contribution in [3.63, 3.8) is 0 Å². The minimum atomic E-state index is -0.727. The molecule has 0 bridgehead atoms. The van der Waals surface area contributed by atoms with Crippen LogP contribution < -0.4 is 0 Å². The van der Waals surface area contributed by atoms with E-state index in [4.69, 9.17) is 5.11 Å². The van der Waals surface area contributed by atoms with Crippen LogP contribution >= 0.6 is 0 Å². The molecule has 0 unspecified atom stereocenters. The highest BCUT2D eigenvalue weighted by Gasteiger charge is 2.33. The fraction of sp³-hybridized carbons (Fsp3) is 0.800. The maximum Gasteiger partial charge on any atom is 0.309 e. The summed E-state index contributed by atoms with van der Waals surface area (Å²) in [7, 11) is 0. The molecule has 0 fully saturated rings. The van der Waals surface area contributed by atoms with Crippen LogP contribution in [-0.2, 0) is 4.79 Å². The molecule has 0 aromatic heterocycles. The first kappa shape index (κ1) is 16.2. The van der Waals surface area contributed by atoms with Gasteiger partial charge in [-0.25, -0.2) is 0 Å². The molecule has 0 aromatic rings. The van der Waals surface area contributed by atoms with E-state index >= 15 is 0 Å². The number of hydrogen-bond donors (Lipinski definition) is 1. The van der Waals surface area contributed by atoms with Crippen molar-refractivity contribution in [1.82, 2.24) is 0 Å². The van der Waals surface area contributed by atoms with E-state index in [-0.39, 0.29) is 10.8 Å². The van der Waals surface area contributed by atoms with Gasteiger partial charge in [-0.15, -0.1) is 0 Å². The van der Waals surface area contributed by atoms with Crippen LogP contribution in [0.4, 0.5) is 0 Å². The van der Waals surface area contributed by atoms with E-state index in [0.717, 1.165) is 6.42 Å². The van der Waals surface area contributed by atoms with Gasteiger partial charge in [0, 0.05) is 0 Å². The van der Waals surface area contributed by atoms with Gasteiger partial charge in [-0.2, -0.15) is 0 Å². The molecule has 2 heteroatoms. The summed E-state index contributed by atoms with van der Waals surface area (Å²) in [5.74, 6) is -0.727. The second-order valence-electron chi connectivity index (χ2n) is 7.52. The molecule has 0 saturated heterocycles. The number of carboxylic acid groups (broad SMARTS) is 1. The van der Waals surface area contributed by atoms with Crippen molar-refractivity contribution in [2.45, 2.75) is 61.3 Å². The highest BCUT2D eigenvalue weighted by Crippen LogP contribution is 2.35. The largest absolute Gasteiger partial charge is 0.481 e. The van der Waals surface area contributed by atoms with Crippen LogP contribution in [0, 0.1) is 16.2 Å². The summed E-state index contributed by atoms with van der Waals surface area (Å²) in [6.45, 7) is 14.4. The zero-order valence-corrected chi connectivity index (χ0v) is 12.4. The average molecular weight is 240 g/mol. The van der Waals surface area contributed by atoms with Crippen LogP contribution in [0.25, 0.3) is 0 Å². The SMILES string of the molecule is CC(C)(C)C/C=C\C(C)(C)CC(C)(C)C(=O)O. The molecule has 0 saturated carbocycles. The van der Waals surface area contributed by atoms with Crippen molar-refractivity contribution in [2.24, 2.45) is 16.2 Å². The quantitative estimate of drug-likeness (QED) is 0.718. The Morgan fingerprint density at radius 1 is 1.06 bits per heavy atom. The Balaban J connectivity index is 4.54. The van der Waals surface area contributed by atoms with E-state index in [1.807, 2.05) is 0 Å². The average Bonchev–Trinajstić information content (AvgIpc) is 1.97. The molecular formula is C15H28O2. The number of carbonyl (C=O) groups is 1. The monoisotopic (exact) mass is 240 g/mol. The Labute approximate surface area is 106 Å². The van der Waals surface area contributed by atoms with Gasteiger partial charge in [-0.05, 0) is 37.5 Å². The smallest absolute Gasteiger partial charge is 0.309 e. The van der Waals surface area contributed by atoms with Crippen LogP contribution in [0.5, 0.6) is 0 Å². The highest BCUT2D eigenvalue weighted by atomic mass is 16.4. The topological polar surface area (TPSA) is 37.3 Å². The number of rotatable bonds is 5. The van der Waals surface area contributed by atoms with Crippen molar-refractivity contribution in [1.29, 1.82) is 0 Å². The summed E-state index contributed by atoms with van der Waals surface area (Å²) < 4.78 is 0. The van der Waals surface area contributed by atoms with E-state index in [1.165, 1.54) is 0 Å². The van der Waals surface area contributed by atoms with E-state index in [2.05, 4.69) is 46.8 Å². The van der Waals surface area contributed by atoms with Crippen molar-refractivity contribution < 1.29 is 9.90 Å². The van der Waals surface area contributed by atoms with Crippen molar-refractivity contribution in [2.75, 3.05) is 0 Å². The van der Waals surface area contributed by atoms with Gasteiger partial charge in [0.1, 0.15) is 0 Å². The van der Waals surface area contributed by atoms with Crippen molar-refractivity contribution >= 4 is 5.97 Å². The van der Waals surface area contributed by atoms with Crippen LogP contribution in [0.2, 0.25) is 0 Å². The molecule has 2 nitrogen and oxygen atoms in total. The molecule has 100 valence electrons. The van der Waals surface area contributed by atoms with Gasteiger partial charge in [0.15, 0.2) is 0 Å². The molecule has 1 N–H and O–H groups in total. The van der Waals surface area contributed by atoms with Gasteiger partial charge in [-0.1, -0.05) is 46.8 Å². The molecule has 0 radical (unpaired) electrons. The lowest BCUT2D eigenvalue weighted by Crippen LogP contribution is -2.29. The summed E-state index contributed by atoms with van der Waals surface area (Å²) in [6.07, 6.45) is 6.00. The lowest BCUT2D eigenvalue weighted by Gasteiger charge is -2.30. The first-order valence-corrected chi connectivity index (χ1v) is 6.27. The van der Waals surface area contributed by atoms with E-state index in [0.29, 0.717) is 6.42 Å². The third-order valence-electron chi connectivity index (χ3n) is 2.78. The van der Waals surface area contributed by atoms with Gasteiger partial charge in [0.2, 0.25) is 0 Å². The Bertz CT molecular complexity index is 291. The second kappa shape index (κ2) is 5.24. The van der Waals surface area contributed by atoms with Gasteiger partial charge in [-0.3, -0.25) is 4.79 Å². The first-order chi connectivity index (χ1) is 7.36. The maximum atomic E-state index is 11.1. The molecule has 0 atom stereocenters. The molecule has 0 rings (SSSR count). The van der Waals surface area contributed by atoms with Crippen molar-refractivity contribution in [3.8, 4) is 0 Å². The highest BCUT2D eigenvalue weighted by molar-refractivity contribution is 5.73. The number of allylic oxidation sites excluding steroid dienone is 2. The molecule has 0 aromatic carbocycles. The zero-order chi connectivity index (χ0) is 13.9. The predicted octanol–water partition coefficient (Wildman–Crippen LogP) is 4.51. The number of aliphatic carboxylic acids is 1. The first-order valence-electron chi connectivity index (χ1n) is 6.27. The second-order valence-corrected chi connectivity index (χ2v) is 7.52. The minimum Gasteiger partial charge on any atom is -0.481 e. The molecule has 17 heavy (non-hydrogen) atoms. The molecule has 0 heterocycles. The molecule has 0 amide bonds. The van der Waals surface area contributed by atoms with Crippen LogP contribution in [-0.4, -0.2) is 11.1 Å². The molecule has 0 aliphatic heterocycles. The number of carboxylic acids is 1. The fourth-order valence-electron chi connectivity index (χ4n) is 2.01. The Hall–Kier alpha value is -0.790. The van der Waals surface area contributed by atoms with Gasteiger partial charge < -0.3 is 5.11 Å². The van der Waals surface area contributed by atoms with Gasteiger partial charge in [0.05, 0.1) is 5.41 Å².